The van der Waals surface area contributed by atoms with Crippen LogP contribution in [-0.2, 0) is 13.2 Å². The Hall–Kier alpha value is -2.72. The largest absolute Gasteiger partial charge is 0.433 e. The summed E-state index contributed by atoms with van der Waals surface area (Å²) in [5, 5.41) is 6.22. The molecule has 1 N–H and O–H groups in total. The van der Waals surface area contributed by atoms with Gasteiger partial charge in [-0.3, -0.25) is 9.78 Å². The van der Waals surface area contributed by atoms with Gasteiger partial charge in [0.1, 0.15) is 5.69 Å². The van der Waals surface area contributed by atoms with E-state index in [1.54, 1.807) is 0 Å². The molecule has 11 heteroatoms. The normalized spacial score (nSPS) is 13.0. The number of alkyl halides is 5. The van der Waals surface area contributed by atoms with Crippen LogP contribution < -0.4 is 10.1 Å². The van der Waals surface area contributed by atoms with Gasteiger partial charge in [-0.05, 0) is 18.6 Å². The van der Waals surface area contributed by atoms with Crippen molar-refractivity contribution < 1.29 is 31.5 Å². The number of hydrogen-bond donors (Lipinski definition) is 1. The van der Waals surface area contributed by atoms with Gasteiger partial charge in [-0.15, -0.1) is 0 Å². The Morgan fingerprint density at radius 1 is 1.32 bits per heavy atom. The number of aromatic nitrogens is 3. The summed E-state index contributed by atoms with van der Waals surface area (Å²) in [5.41, 5.74) is -0.889. The minimum absolute atomic E-state index is 0.176. The fourth-order valence-corrected chi connectivity index (χ4v) is 1.95. The van der Waals surface area contributed by atoms with Gasteiger partial charge in [0.05, 0.1) is 6.04 Å². The highest BCUT2D eigenvalue weighted by Gasteiger charge is 2.32. The maximum atomic E-state index is 12.5. The van der Waals surface area contributed by atoms with E-state index in [1.807, 2.05) is 0 Å². The van der Waals surface area contributed by atoms with E-state index in [2.05, 4.69) is 20.1 Å². The van der Waals surface area contributed by atoms with Crippen LogP contribution in [0.2, 0.25) is 0 Å². The number of amides is 1. The highest BCUT2D eigenvalue weighted by atomic mass is 19.4. The zero-order valence-corrected chi connectivity index (χ0v) is 13.0. The Bertz CT molecular complexity index is 743. The molecule has 2 aromatic heterocycles. The third-order valence-corrected chi connectivity index (χ3v) is 3.20. The molecule has 0 spiro atoms. The van der Waals surface area contributed by atoms with E-state index in [4.69, 9.17) is 0 Å². The van der Waals surface area contributed by atoms with Crippen LogP contribution in [0.25, 0.3) is 0 Å². The first-order chi connectivity index (χ1) is 11.6. The molecular weight excluding hydrogens is 351 g/mol. The summed E-state index contributed by atoms with van der Waals surface area (Å²) in [6.45, 7) is -1.54. The third-order valence-electron chi connectivity index (χ3n) is 3.20. The molecule has 1 amide bonds. The number of nitrogens with zero attached hydrogens (tertiary/aromatic N) is 3. The molecule has 0 saturated heterocycles. The Kier molecular flexibility index (Phi) is 5.24. The van der Waals surface area contributed by atoms with E-state index < -0.39 is 30.4 Å². The molecule has 0 unspecified atom stereocenters. The van der Waals surface area contributed by atoms with Crippen molar-refractivity contribution in [1.29, 1.82) is 0 Å². The quantitative estimate of drug-likeness (QED) is 0.829. The van der Waals surface area contributed by atoms with Crippen molar-refractivity contribution in [2.45, 2.75) is 25.8 Å². The molecular formula is C14H13F5N4O2. The molecule has 0 fully saturated rings. The zero-order chi connectivity index (χ0) is 18.8. The fourth-order valence-electron chi connectivity index (χ4n) is 1.95. The first kappa shape index (κ1) is 18.6. The standard InChI is InChI=1S/C14H13F5N4O2/c1-7(8-3-4-10(20-6-8)14(17,18)19)21-12(24)9-5-11(23(2)22-9)25-13(15)16/h3-7,13H,1-2H3,(H,21,24)/t7-/m1/s1. The topological polar surface area (TPSA) is 69.0 Å². The summed E-state index contributed by atoms with van der Waals surface area (Å²) >= 11 is 0. The highest BCUT2D eigenvalue weighted by Crippen LogP contribution is 2.28. The van der Waals surface area contributed by atoms with E-state index in [-0.39, 0.29) is 11.6 Å². The molecule has 0 radical (unpaired) electrons. The fraction of sp³-hybridized carbons (Fsp3) is 0.357. The van der Waals surface area contributed by atoms with Crippen LogP contribution in [0.4, 0.5) is 22.0 Å². The Morgan fingerprint density at radius 3 is 2.52 bits per heavy atom. The second kappa shape index (κ2) is 7.03. The van der Waals surface area contributed by atoms with E-state index in [9.17, 15) is 26.7 Å². The molecule has 2 rings (SSSR count). The lowest BCUT2D eigenvalue weighted by molar-refractivity contribution is -0.141. The molecule has 0 saturated carbocycles. The number of halogens is 5. The van der Waals surface area contributed by atoms with Crippen LogP contribution in [-0.4, -0.2) is 27.3 Å². The van der Waals surface area contributed by atoms with Crippen LogP contribution in [0.15, 0.2) is 24.4 Å². The number of carbonyl (C=O) groups excluding carboxylic acids is 1. The van der Waals surface area contributed by atoms with Crippen LogP contribution in [0.5, 0.6) is 5.88 Å². The molecule has 25 heavy (non-hydrogen) atoms. The van der Waals surface area contributed by atoms with Gasteiger partial charge < -0.3 is 10.1 Å². The van der Waals surface area contributed by atoms with Crippen LogP contribution in [0, 0.1) is 0 Å². The lowest BCUT2D eigenvalue weighted by Gasteiger charge is -2.14. The van der Waals surface area contributed by atoms with Gasteiger partial charge in [0.2, 0.25) is 5.88 Å². The van der Waals surface area contributed by atoms with E-state index in [0.717, 1.165) is 23.0 Å². The SMILES string of the molecule is C[C@@H](NC(=O)c1cc(OC(F)F)n(C)n1)c1ccc(C(F)(F)F)nc1. The van der Waals surface area contributed by atoms with E-state index in [1.165, 1.54) is 20.0 Å². The van der Waals surface area contributed by atoms with Crippen molar-refractivity contribution in [3.8, 4) is 5.88 Å². The van der Waals surface area contributed by atoms with Gasteiger partial charge in [0.15, 0.2) is 5.69 Å². The van der Waals surface area contributed by atoms with Gasteiger partial charge in [0.25, 0.3) is 5.91 Å². The van der Waals surface area contributed by atoms with Crippen LogP contribution in [0.3, 0.4) is 0 Å². The Morgan fingerprint density at radius 2 is 2.00 bits per heavy atom. The summed E-state index contributed by atoms with van der Waals surface area (Å²) in [6.07, 6.45) is -3.56. The summed E-state index contributed by atoms with van der Waals surface area (Å²) < 4.78 is 67.0. The summed E-state index contributed by atoms with van der Waals surface area (Å²) in [5.74, 6) is -1.00. The Balaban J connectivity index is 2.07. The minimum atomic E-state index is -4.56. The number of rotatable bonds is 5. The number of pyridine rings is 1. The lowest BCUT2D eigenvalue weighted by atomic mass is 10.1. The Labute approximate surface area is 138 Å². The van der Waals surface area contributed by atoms with Crippen molar-refractivity contribution in [1.82, 2.24) is 20.1 Å². The number of ether oxygens (including phenoxy) is 1. The smallest absolute Gasteiger partial charge is 0.417 e. The summed E-state index contributed by atoms with van der Waals surface area (Å²) in [7, 11) is 1.32. The molecule has 2 aromatic rings. The average molecular weight is 364 g/mol. The third kappa shape index (κ3) is 4.64. The van der Waals surface area contributed by atoms with Crippen molar-refractivity contribution in [2.75, 3.05) is 0 Å². The van der Waals surface area contributed by atoms with Gasteiger partial charge in [-0.25, -0.2) is 4.68 Å². The second-order valence-corrected chi connectivity index (χ2v) is 5.04. The molecule has 0 aliphatic heterocycles. The predicted molar refractivity (Wildman–Crippen MR) is 75.0 cm³/mol. The first-order valence-electron chi connectivity index (χ1n) is 6.90. The average Bonchev–Trinajstić information content (AvgIpc) is 2.87. The first-order valence-corrected chi connectivity index (χ1v) is 6.90. The van der Waals surface area contributed by atoms with Gasteiger partial charge in [-0.1, -0.05) is 6.07 Å². The van der Waals surface area contributed by atoms with Crippen molar-refractivity contribution in [3.63, 3.8) is 0 Å². The van der Waals surface area contributed by atoms with Crippen LogP contribution >= 0.6 is 0 Å². The summed E-state index contributed by atoms with van der Waals surface area (Å²) in [4.78, 5) is 15.4. The molecule has 6 nitrogen and oxygen atoms in total. The van der Waals surface area contributed by atoms with Gasteiger partial charge in [0, 0.05) is 19.3 Å². The van der Waals surface area contributed by atoms with Gasteiger partial charge >= 0.3 is 12.8 Å². The van der Waals surface area contributed by atoms with Crippen molar-refractivity contribution in [2.24, 2.45) is 7.05 Å². The number of nitrogens with one attached hydrogen (secondary N) is 1. The highest BCUT2D eigenvalue weighted by molar-refractivity contribution is 5.92. The van der Waals surface area contributed by atoms with E-state index in [0.29, 0.717) is 5.56 Å². The number of aryl methyl sites for hydroxylation is 1. The molecule has 136 valence electrons. The maximum absolute atomic E-state index is 12.5. The maximum Gasteiger partial charge on any atom is 0.433 e. The van der Waals surface area contributed by atoms with Crippen molar-refractivity contribution in [3.05, 3.63) is 41.3 Å². The molecule has 0 aliphatic rings. The number of hydrogen-bond acceptors (Lipinski definition) is 4. The molecule has 1 atom stereocenters. The van der Waals surface area contributed by atoms with Crippen molar-refractivity contribution >= 4 is 5.91 Å². The molecule has 2 heterocycles. The molecule has 0 bridgehead atoms. The zero-order valence-electron chi connectivity index (χ0n) is 13.0. The lowest BCUT2D eigenvalue weighted by Crippen LogP contribution is -2.27. The number of carbonyl (C=O) groups is 1. The van der Waals surface area contributed by atoms with Crippen LogP contribution in [0.1, 0.15) is 34.7 Å². The monoisotopic (exact) mass is 364 g/mol. The summed E-state index contributed by atoms with van der Waals surface area (Å²) in [6, 6.07) is 2.33. The molecule has 0 aliphatic carbocycles. The molecule has 0 aromatic carbocycles. The second-order valence-electron chi connectivity index (χ2n) is 5.04. The predicted octanol–water partition coefficient (Wildman–Crippen LogP) is 2.93. The minimum Gasteiger partial charge on any atom is -0.417 e. The van der Waals surface area contributed by atoms with Gasteiger partial charge in [-0.2, -0.15) is 27.1 Å². The van der Waals surface area contributed by atoms with E-state index >= 15 is 0 Å².